The van der Waals surface area contributed by atoms with Crippen LogP contribution in [0.4, 0.5) is 0 Å². The van der Waals surface area contributed by atoms with Gasteiger partial charge in [-0.2, -0.15) is 0 Å². The second-order valence-electron chi connectivity index (χ2n) is 4.73. The zero-order chi connectivity index (χ0) is 12.9. The Hall–Kier alpha value is -1.40. The van der Waals surface area contributed by atoms with E-state index in [1.54, 1.807) is 12.5 Å². The van der Waals surface area contributed by atoms with E-state index in [4.69, 9.17) is 10.8 Å². The lowest BCUT2D eigenvalue weighted by molar-refractivity contribution is -0.124. The van der Waals surface area contributed by atoms with Crippen LogP contribution in [-0.2, 0) is 11.2 Å². The first-order chi connectivity index (χ1) is 7.94. The molecule has 1 heterocycles. The van der Waals surface area contributed by atoms with Crippen LogP contribution in [0.1, 0.15) is 26.0 Å². The molecule has 0 spiro atoms. The summed E-state index contributed by atoms with van der Waals surface area (Å²) in [5.74, 6) is -0.224. The van der Waals surface area contributed by atoms with Crippen molar-refractivity contribution in [2.45, 2.75) is 38.3 Å². The Morgan fingerprint density at radius 2 is 2.41 bits per heavy atom. The molecule has 0 saturated heterocycles. The first-order valence-corrected chi connectivity index (χ1v) is 5.60. The molecule has 0 aliphatic heterocycles. The van der Waals surface area contributed by atoms with Gasteiger partial charge >= 0.3 is 0 Å². The summed E-state index contributed by atoms with van der Waals surface area (Å²) in [6, 6.07) is -0.617. The Labute approximate surface area is 101 Å². The smallest absolute Gasteiger partial charge is 0.237 e. The fourth-order valence-corrected chi connectivity index (χ4v) is 1.49. The highest BCUT2D eigenvalue weighted by Crippen LogP contribution is 2.08. The van der Waals surface area contributed by atoms with E-state index in [1.165, 1.54) is 0 Å². The van der Waals surface area contributed by atoms with E-state index in [0.717, 1.165) is 5.69 Å². The summed E-state index contributed by atoms with van der Waals surface area (Å²) in [4.78, 5) is 18.6. The molecule has 1 atom stereocenters. The minimum atomic E-state index is -0.617. The molecule has 0 aromatic carbocycles. The molecule has 1 amide bonds. The SMILES string of the molecule is CC(C)(CCO)NC(=O)C(N)Cc1cnc[nH]1. The molecule has 17 heavy (non-hydrogen) atoms. The third kappa shape index (κ3) is 4.54. The molecule has 6 heteroatoms. The average Bonchev–Trinajstić information content (AvgIpc) is 2.69. The third-order valence-corrected chi connectivity index (χ3v) is 2.53. The highest BCUT2D eigenvalue weighted by molar-refractivity contribution is 5.82. The topological polar surface area (TPSA) is 104 Å². The molecular formula is C11H20N4O2. The highest BCUT2D eigenvalue weighted by Gasteiger charge is 2.23. The monoisotopic (exact) mass is 240 g/mol. The fraction of sp³-hybridized carbons (Fsp3) is 0.636. The van der Waals surface area contributed by atoms with Gasteiger partial charge in [0, 0.05) is 30.5 Å². The van der Waals surface area contributed by atoms with E-state index < -0.39 is 11.6 Å². The van der Waals surface area contributed by atoms with Crippen LogP contribution in [0.2, 0.25) is 0 Å². The Morgan fingerprint density at radius 3 is 2.94 bits per heavy atom. The van der Waals surface area contributed by atoms with Crippen molar-refractivity contribution in [1.82, 2.24) is 15.3 Å². The van der Waals surface area contributed by atoms with E-state index in [0.29, 0.717) is 12.8 Å². The minimum absolute atomic E-state index is 0.0308. The third-order valence-electron chi connectivity index (χ3n) is 2.53. The van der Waals surface area contributed by atoms with Crippen molar-refractivity contribution in [2.24, 2.45) is 5.73 Å². The largest absolute Gasteiger partial charge is 0.396 e. The van der Waals surface area contributed by atoms with E-state index in [-0.39, 0.29) is 12.5 Å². The van der Waals surface area contributed by atoms with Crippen LogP contribution in [0, 0.1) is 0 Å². The number of aliphatic hydroxyl groups excluding tert-OH is 1. The molecule has 1 unspecified atom stereocenters. The summed E-state index contributed by atoms with van der Waals surface area (Å²) in [5.41, 5.74) is 6.17. The maximum absolute atomic E-state index is 11.8. The predicted octanol–water partition coefficient (Wildman–Crippen LogP) is -0.443. The highest BCUT2D eigenvalue weighted by atomic mass is 16.3. The number of hydrogen-bond acceptors (Lipinski definition) is 4. The van der Waals surface area contributed by atoms with Gasteiger partial charge in [0.1, 0.15) is 0 Å². The van der Waals surface area contributed by atoms with Crippen LogP contribution in [0.15, 0.2) is 12.5 Å². The number of nitrogens with zero attached hydrogens (tertiary/aromatic N) is 1. The second-order valence-corrected chi connectivity index (χ2v) is 4.73. The van der Waals surface area contributed by atoms with Gasteiger partial charge in [0.05, 0.1) is 12.4 Å². The van der Waals surface area contributed by atoms with Crippen LogP contribution in [0.5, 0.6) is 0 Å². The van der Waals surface area contributed by atoms with Crippen molar-refractivity contribution in [1.29, 1.82) is 0 Å². The Balaban J connectivity index is 2.47. The average molecular weight is 240 g/mol. The van der Waals surface area contributed by atoms with E-state index in [2.05, 4.69) is 15.3 Å². The molecule has 1 rings (SSSR count). The van der Waals surface area contributed by atoms with Crippen molar-refractivity contribution in [2.75, 3.05) is 6.61 Å². The van der Waals surface area contributed by atoms with Gasteiger partial charge in [0.2, 0.25) is 5.91 Å². The molecular weight excluding hydrogens is 220 g/mol. The summed E-state index contributed by atoms with van der Waals surface area (Å²) in [6.07, 6.45) is 4.11. The molecule has 6 nitrogen and oxygen atoms in total. The summed E-state index contributed by atoms with van der Waals surface area (Å²) in [6.45, 7) is 3.73. The number of H-pyrrole nitrogens is 1. The fourth-order valence-electron chi connectivity index (χ4n) is 1.49. The van der Waals surface area contributed by atoms with Gasteiger partial charge < -0.3 is 21.1 Å². The summed E-state index contributed by atoms with van der Waals surface area (Å²) in [5, 5.41) is 11.7. The lowest BCUT2D eigenvalue weighted by atomic mass is 10.00. The number of nitrogens with two attached hydrogens (primary N) is 1. The number of amides is 1. The number of imidazole rings is 1. The van der Waals surface area contributed by atoms with Crippen LogP contribution in [-0.4, -0.2) is 39.2 Å². The van der Waals surface area contributed by atoms with Crippen LogP contribution < -0.4 is 11.1 Å². The molecule has 0 radical (unpaired) electrons. The quantitative estimate of drug-likeness (QED) is 0.541. The first kappa shape index (κ1) is 13.7. The van der Waals surface area contributed by atoms with Gasteiger partial charge in [-0.3, -0.25) is 4.79 Å². The van der Waals surface area contributed by atoms with Gasteiger partial charge in [-0.15, -0.1) is 0 Å². The molecule has 0 fully saturated rings. The van der Waals surface area contributed by atoms with Crippen molar-refractivity contribution >= 4 is 5.91 Å². The number of carbonyl (C=O) groups excluding carboxylic acids is 1. The van der Waals surface area contributed by atoms with Gasteiger partial charge in [-0.25, -0.2) is 4.98 Å². The van der Waals surface area contributed by atoms with E-state index >= 15 is 0 Å². The van der Waals surface area contributed by atoms with Crippen molar-refractivity contribution in [3.05, 3.63) is 18.2 Å². The van der Waals surface area contributed by atoms with E-state index in [9.17, 15) is 4.79 Å². The lowest BCUT2D eigenvalue weighted by Crippen LogP contribution is -2.51. The molecule has 1 aromatic rings. The summed E-state index contributed by atoms with van der Waals surface area (Å²) < 4.78 is 0. The molecule has 0 aliphatic rings. The lowest BCUT2D eigenvalue weighted by Gasteiger charge is -2.27. The van der Waals surface area contributed by atoms with Crippen molar-refractivity contribution in [3.63, 3.8) is 0 Å². The van der Waals surface area contributed by atoms with Gasteiger partial charge in [0.25, 0.3) is 0 Å². The number of aromatic amines is 1. The summed E-state index contributed by atoms with van der Waals surface area (Å²) >= 11 is 0. The van der Waals surface area contributed by atoms with Gasteiger partial charge in [0.15, 0.2) is 0 Å². The van der Waals surface area contributed by atoms with Gasteiger partial charge in [-0.1, -0.05) is 0 Å². The zero-order valence-electron chi connectivity index (χ0n) is 10.2. The molecule has 0 bridgehead atoms. The minimum Gasteiger partial charge on any atom is -0.396 e. The maximum atomic E-state index is 11.8. The van der Waals surface area contributed by atoms with Crippen molar-refractivity contribution < 1.29 is 9.90 Å². The van der Waals surface area contributed by atoms with Gasteiger partial charge in [-0.05, 0) is 20.3 Å². The zero-order valence-corrected chi connectivity index (χ0v) is 10.2. The standard InChI is InChI=1S/C11H20N4O2/c1-11(2,3-4-16)15-10(17)9(12)5-8-6-13-7-14-8/h6-7,9,16H,3-5,12H2,1-2H3,(H,13,14)(H,15,17). The first-order valence-electron chi connectivity index (χ1n) is 5.60. The summed E-state index contributed by atoms with van der Waals surface area (Å²) in [7, 11) is 0. The Kier molecular flexibility index (Phi) is 4.65. The number of hydrogen-bond donors (Lipinski definition) is 4. The molecule has 0 saturated carbocycles. The maximum Gasteiger partial charge on any atom is 0.237 e. The number of aromatic nitrogens is 2. The molecule has 0 aliphatic carbocycles. The van der Waals surface area contributed by atoms with E-state index in [1.807, 2.05) is 13.8 Å². The molecule has 5 N–H and O–H groups in total. The number of rotatable bonds is 6. The van der Waals surface area contributed by atoms with Crippen LogP contribution >= 0.6 is 0 Å². The number of carbonyl (C=O) groups is 1. The predicted molar refractivity (Wildman–Crippen MR) is 64.2 cm³/mol. The van der Waals surface area contributed by atoms with Crippen LogP contribution in [0.3, 0.4) is 0 Å². The molecule has 1 aromatic heterocycles. The van der Waals surface area contributed by atoms with Crippen LogP contribution in [0.25, 0.3) is 0 Å². The normalized spacial score (nSPS) is 13.4. The second kappa shape index (κ2) is 5.79. The number of aliphatic hydroxyl groups is 1. The Morgan fingerprint density at radius 1 is 1.71 bits per heavy atom. The number of nitrogens with one attached hydrogen (secondary N) is 2. The molecule has 96 valence electrons. The van der Waals surface area contributed by atoms with Crippen molar-refractivity contribution in [3.8, 4) is 0 Å². The Bertz CT molecular complexity index is 348.